The van der Waals surface area contributed by atoms with Crippen molar-refractivity contribution in [1.82, 2.24) is 9.78 Å². The zero-order valence-corrected chi connectivity index (χ0v) is 9.15. The van der Waals surface area contributed by atoms with Gasteiger partial charge in [0.1, 0.15) is 5.82 Å². The number of rotatable bonds is 4. The zero-order chi connectivity index (χ0) is 11.4. The van der Waals surface area contributed by atoms with Crippen LogP contribution in [0.4, 0.5) is 10.1 Å². The van der Waals surface area contributed by atoms with Crippen LogP contribution in [0.1, 0.15) is 5.69 Å². The van der Waals surface area contributed by atoms with Crippen LogP contribution < -0.4 is 5.32 Å². The molecule has 0 fully saturated rings. The first-order chi connectivity index (χ1) is 7.75. The van der Waals surface area contributed by atoms with E-state index in [9.17, 15) is 4.39 Å². The molecule has 0 unspecified atom stereocenters. The summed E-state index contributed by atoms with van der Waals surface area (Å²) in [6.07, 6.45) is 2.64. The predicted octanol–water partition coefficient (Wildman–Crippen LogP) is 2.21. The minimum absolute atomic E-state index is 0.217. The third kappa shape index (κ3) is 2.59. The van der Waals surface area contributed by atoms with Crippen LogP contribution in [-0.4, -0.2) is 16.3 Å². The third-order valence-electron chi connectivity index (χ3n) is 2.46. The molecular weight excluding hydrogens is 205 g/mol. The SMILES string of the molecule is Cn1nccc1CCNc1cccc(F)c1. The molecule has 0 radical (unpaired) electrons. The standard InChI is InChI=1S/C12H14FN3/c1-16-12(6-8-15-16)5-7-14-11-4-2-3-10(13)9-11/h2-4,6,8-9,14H,5,7H2,1H3. The molecule has 0 bridgehead atoms. The molecule has 16 heavy (non-hydrogen) atoms. The van der Waals surface area contributed by atoms with Crippen LogP contribution in [0.2, 0.25) is 0 Å². The molecular formula is C12H14FN3. The van der Waals surface area contributed by atoms with Gasteiger partial charge in [-0.25, -0.2) is 4.39 Å². The summed E-state index contributed by atoms with van der Waals surface area (Å²) in [6, 6.07) is 8.46. The number of halogens is 1. The first kappa shape index (κ1) is 10.7. The van der Waals surface area contributed by atoms with Gasteiger partial charge >= 0.3 is 0 Å². The van der Waals surface area contributed by atoms with E-state index in [1.807, 2.05) is 23.9 Å². The molecule has 3 nitrogen and oxygen atoms in total. The molecule has 1 heterocycles. The summed E-state index contributed by atoms with van der Waals surface area (Å²) in [6.45, 7) is 0.767. The van der Waals surface area contributed by atoms with Crippen molar-refractivity contribution in [3.05, 3.63) is 48.0 Å². The van der Waals surface area contributed by atoms with Gasteiger partial charge in [-0.05, 0) is 24.3 Å². The van der Waals surface area contributed by atoms with E-state index in [0.717, 1.165) is 24.3 Å². The Hall–Kier alpha value is -1.84. The molecule has 2 aromatic rings. The van der Waals surface area contributed by atoms with Crippen LogP contribution in [0.25, 0.3) is 0 Å². The van der Waals surface area contributed by atoms with Gasteiger partial charge in [0, 0.05) is 37.6 Å². The first-order valence-electron chi connectivity index (χ1n) is 5.22. The van der Waals surface area contributed by atoms with Gasteiger partial charge in [0.2, 0.25) is 0 Å². The van der Waals surface area contributed by atoms with Gasteiger partial charge in [-0.15, -0.1) is 0 Å². The van der Waals surface area contributed by atoms with E-state index in [4.69, 9.17) is 0 Å². The Kier molecular flexibility index (Phi) is 3.19. The number of anilines is 1. The van der Waals surface area contributed by atoms with Crippen LogP contribution in [0.15, 0.2) is 36.5 Å². The van der Waals surface area contributed by atoms with Crippen molar-refractivity contribution < 1.29 is 4.39 Å². The Morgan fingerprint density at radius 2 is 2.25 bits per heavy atom. The summed E-state index contributed by atoms with van der Waals surface area (Å²) < 4.78 is 14.7. The molecule has 0 saturated carbocycles. The van der Waals surface area contributed by atoms with E-state index in [2.05, 4.69) is 10.4 Å². The Morgan fingerprint density at radius 1 is 1.38 bits per heavy atom. The molecule has 84 valence electrons. The zero-order valence-electron chi connectivity index (χ0n) is 9.15. The van der Waals surface area contributed by atoms with Crippen molar-refractivity contribution in [2.24, 2.45) is 7.05 Å². The van der Waals surface area contributed by atoms with Crippen molar-refractivity contribution in [3.8, 4) is 0 Å². The maximum atomic E-state index is 12.9. The quantitative estimate of drug-likeness (QED) is 0.854. The highest BCUT2D eigenvalue weighted by molar-refractivity contribution is 5.43. The average Bonchev–Trinajstić information content (AvgIpc) is 2.65. The number of hydrogen-bond acceptors (Lipinski definition) is 2. The smallest absolute Gasteiger partial charge is 0.125 e. The normalized spacial score (nSPS) is 10.4. The summed E-state index contributed by atoms with van der Waals surface area (Å²) in [5.41, 5.74) is 1.96. The second-order valence-corrected chi connectivity index (χ2v) is 3.63. The Balaban J connectivity index is 1.87. The van der Waals surface area contributed by atoms with Crippen molar-refractivity contribution in [2.75, 3.05) is 11.9 Å². The van der Waals surface area contributed by atoms with Gasteiger partial charge in [-0.1, -0.05) is 6.07 Å². The largest absolute Gasteiger partial charge is 0.385 e. The van der Waals surface area contributed by atoms with Gasteiger partial charge in [-0.2, -0.15) is 5.10 Å². The number of aromatic nitrogens is 2. The molecule has 0 spiro atoms. The van der Waals surface area contributed by atoms with E-state index < -0.39 is 0 Å². The molecule has 0 saturated heterocycles. The lowest BCUT2D eigenvalue weighted by Gasteiger charge is -2.06. The monoisotopic (exact) mass is 219 g/mol. The highest BCUT2D eigenvalue weighted by Crippen LogP contribution is 2.09. The van der Waals surface area contributed by atoms with Crippen LogP contribution in [0.3, 0.4) is 0 Å². The van der Waals surface area contributed by atoms with Gasteiger partial charge in [0.15, 0.2) is 0 Å². The Bertz CT molecular complexity index is 465. The second kappa shape index (κ2) is 4.79. The van der Waals surface area contributed by atoms with Crippen LogP contribution in [0, 0.1) is 5.82 Å². The van der Waals surface area contributed by atoms with E-state index in [1.165, 1.54) is 12.1 Å². The minimum Gasteiger partial charge on any atom is -0.385 e. The number of benzene rings is 1. The van der Waals surface area contributed by atoms with Gasteiger partial charge in [0.05, 0.1) is 0 Å². The lowest BCUT2D eigenvalue weighted by molar-refractivity contribution is 0.628. The minimum atomic E-state index is -0.217. The Morgan fingerprint density at radius 3 is 2.94 bits per heavy atom. The lowest BCUT2D eigenvalue weighted by Crippen LogP contribution is -2.08. The van der Waals surface area contributed by atoms with E-state index >= 15 is 0 Å². The van der Waals surface area contributed by atoms with Gasteiger partial charge < -0.3 is 5.32 Å². The Labute approximate surface area is 93.9 Å². The molecule has 0 atom stereocenters. The predicted molar refractivity (Wildman–Crippen MR) is 61.8 cm³/mol. The molecule has 4 heteroatoms. The van der Waals surface area contributed by atoms with Crippen LogP contribution in [0.5, 0.6) is 0 Å². The van der Waals surface area contributed by atoms with Crippen molar-refractivity contribution in [3.63, 3.8) is 0 Å². The number of nitrogens with one attached hydrogen (secondary N) is 1. The van der Waals surface area contributed by atoms with Crippen LogP contribution >= 0.6 is 0 Å². The van der Waals surface area contributed by atoms with Crippen molar-refractivity contribution >= 4 is 5.69 Å². The molecule has 1 aromatic carbocycles. The summed E-state index contributed by atoms with van der Waals surface area (Å²) in [5.74, 6) is -0.217. The van der Waals surface area contributed by atoms with E-state index in [0.29, 0.717) is 0 Å². The summed E-state index contributed by atoms with van der Waals surface area (Å²) >= 11 is 0. The molecule has 1 N–H and O–H groups in total. The van der Waals surface area contributed by atoms with Crippen molar-refractivity contribution in [1.29, 1.82) is 0 Å². The average molecular weight is 219 g/mol. The lowest BCUT2D eigenvalue weighted by atomic mass is 10.2. The fourth-order valence-corrected chi connectivity index (χ4v) is 1.58. The molecule has 0 aliphatic carbocycles. The molecule has 2 rings (SSSR count). The second-order valence-electron chi connectivity index (χ2n) is 3.63. The number of aryl methyl sites for hydroxylation is 1. The van der Waals surface area contributed by atoms with E-state index in [1.54, 1.807) is 12.3 Å². The molecule has 1 aromatic heterocycles. The fraction of sp³-hybridized carbons (Fsp3) is 0.250. The van der Waals surface area contributed by atoms with Crippen molar-refractivity contribution in [2.45, 2.75) is 6.42 Å². The topological polar surface area (TPSA) is 29.9 Å². The third-order valence-corrected chi connectivity index (χ3v) is 2.46. The first-order valence-corrected chi connectivity index (χ1v) is 5.22. The van der Waals surface area contributed by atoms with Crippen LogP contribution in [-0.2, 0) is 13.5 Å². The molecule has 0 amide bonds. The number of nitrogens with zero attached hydrogens (tertiary/aromatic N) is 2. The van der Waals surface area contributed by atoms with E-state index in [-0.39, 0.29) is 5.82 Å². The highest BCUT2D eigenvalue weighted by Gasteiger charge is 1.98. The van der Waals surface area contributed by atoms with Gasteiger partial charge in [-0.3, -0.25) is 4.68 Å². The molecule has 0 aliphatic heterocycles. The molecule has 0 aliphatic rings. The maximum absolute atomic E-state index is 12.9. The fourth-order valence-electron chi connectivity index (χ4n) is 1.58. The summed E-state index contributed by atoms with van der Waals surface area (Å²) in [7, 11) is 1.91. The van der Waals surface area contributed by atoms with Gasteiger partial charge in [0.25, 0.3) is 0 Å². The maximum Gasteiger partial charge on any atom is 0.125 e. The highest BCUT2D eigenvalue weighted by atomic mass is 19.1. The number of hydrogen-bond donors (Lipinski definition) is 1. The summed E-state index contributed by atoms with van der Waals surface area (Å²) in [5, 5.41) is 7.26. The summed E-state index contributed by atoms with van der Waals surface area (Å²) in [4.78, 5) is 0.